The van der Waals surface area contributed by atoms with Crippen LogP contribution in [0.3, 0.4) is 0 Å². The van der Waals surface area contributed by atoms with Crippen molar-refractivity contribution in [1.29, 1.82) is 0 Å². The van der Waals surface area contributed by atoms with Crippen LogP contribution in [0.4, 0.5) is 0 Å². The molecule has 0 aromatic carbocycles. The summed E-state index contributed by atoms with van der Waals surface area (Å²) in [5.74, 6) is -1.32. The first-order valence-corrected chi connectivity index (χ1v) is 5.56. The smallest absolute Gasteiger partial charge is 0.329 e. The van der Waals surface area contributed by atoms with Gasteiger partial charge in [-0.25, -0.2) is 4.79 Å². The van der Waals surface area contributed by atoms with E-state index in [1.807, 2.05) is 0 Å². The van der Waals surface area contributed by atoms with Crippen molar-refractivity contribution in [1.82, 2.24) is 15.5 Å². The van der Waals surface area contributed by atoms with Crippen LogP contribution < -0.4 is 5.32 Å². The second kappa shape index (κ2) is 5.47. The number of aromatic nitrogens is 2. The highest BCUT2D eigenvalue weighted by Crippen LogP contribution is 2.15. The van der Waals surface area contributed by atoms with E-state index in [9.17, 15) is 9.59 Å². The second-order valence-electron chi connectivity index (χ2n) is 3.90. The SMILES string of the molecule is CCC(CC)(NC(=O)Cc1ccn[nH]1)C(=O)O. The fraction of sp³-hybridized carbons (Fsp3) is 0.545. The van der Waals surface area contributed by atoms with Crippen molar-refractivity contribution in [2.45, 2.75) is 38.6 Å². The predicted octanol–water partition coefficient (Wildman–Crippen LogP) is 0.712. The molecule has 1 heterocycles. The number of H-pyrrole nitrogens is 1. The Labute approximate surface area is 99.4 Å². The van der Waals surface area contributed by atoms with Crippen LogP contribution in [0, 0.1) is 0 Å². The van der Waals surface area contributed by atoms with E-state index in [-0.39, 0.29) is 12.3 Å². The number of hydrogen-bond acceptors (Lipinski definition) is 3. The van der Waals surface area contributed by atoms with Gasteiger partial charge in [0, 0.05) is 11.9 Å². The third kappa shape index (κ3) is 3.05. The van der Waals surface area contributed by atoms with Crippen LogP contribution in [0.2, 0.25) is 0 Å². The summed E-state index contributed by atoms with van der Waals surface area (Å²) in [6, 6.07) is 1.68. The van der Waals surface area contributed by atoms with Gasteiger partial charge in [0.2, 0.25) is 5.91 Å². The van der Waals surface area contributed by atoms with E-state index in [4.69, 9.17) is 5.11 Å². The van der Waals surface area contributed by atoms with E-state index >= 15 is 0 Å². The zero-order valence-electron chi connectivity index (χ0n) is 9.99. The van der Waals surface area contributed by atoms with Crippen LogP contribution in [0.25, 0.3) is 0 Å². The lowest BCUT2D eigenvalue weighted by atomic mass is 9.92. The first kappa shape index (κ1) is 13.2. The summed E-state index contributed by atoms with van der Waals surface area (Å²) in [4.78, 5) is 22.9. The number of carboxylic acids is 1. The van der Waals surface area contributed by atoms with Gasteiger partial charge in [-0.05, 0) is 18.9 Å². The number of aliphatic carboxylic acids is 1. The molecule has 0 radical (unpaired) electrons. The van der Waals surface area contributed by atoms with Gasteiger partial charge in [0.25, 0.3) is 0 Å². The van der Waals surface area contributed by atoms with Gasteiger partial charge in [0.15, 0.2) is 0 Å². The van der Waals surface area contributed by atoms with E-state index in [1.54, 1.807) is 26.1 Å². The van der Waals surface area contributed by atoms with Crippen LogP contribution in [0.1, 0.15) is 32.4 Å². The molecule has 0 unspecified atom stereocenters. The minimum atomic E-state index is -1.17. The summed E-state index contributed by atoms with van der Waals surface area (Å²) in [5, 5.41) is 18.1. The van der Waals surface area contributed by atoms with E-state index in [1.165, 1.54) is 0 Å². The third-order valence-corrected chi connectivity index (χ3v) is 2.90. The average molecular weight is 239 g/mol. The lowest BCUT2D eigenvalue weighted by Gasteiger charge is -2.27. The Morgan fingerprint density at radius 2 is 2.12 bits per heavy atom. The Hall–Kier alpha value is -1.85. The summed E-state index contributed by atoms with van der Waals surface area (Å²) < 4.78 is 0. The maximum absolute atomic E-state index is 11.7. The molecule has 0 saturated heterocycles. The largest absolute Gasteiger partial charge is 0.480 e. The summed E-state index contributed by atoms with van der Waals surface area (Å²) in [7, 11) is 0. The van der Waals surface area contributed by atoms with Gasteiger partial charge in [-0.3, -0.25) is 9.89 Å². The maximum atomic E-state index is 11.7. The van der Waals surface area contributed by atoms with Crippen LogP contribution in [0.15, 0.2) is 12.3 Å². The molecule has 1 aromatic rings. The Balaban J connectivity index is 2.68. The molecule has 17 heavy (non-hydrogen) atoms. The van der Waals surface area contributed by atoms with Gasteiger partial charge < -0.3 is 10.4 Å². The van der Waals surface area contributed by atoms with Crippen molar-refractivity contribution >= 4 is 11.9 Å². The predicted molar refractivity (Wildman–Crippen MR) is 61.4 cm³/mol. The van der Waals surface area contributed by atoms with Gasteiger partial charge in [0.1, 0.15) is 5.54 Å². The molecule has 0 aliphatic heterocycles. The van der Waals surface area contributed by atoms with Crippen molar-refractivity contribution in [2.24, 2.45) is 0 Å². The minimum absolute atomic E-state index is 0.106. The molecule has 0 spiro atoms. The fourth-order valence-electron chi connectivity index (χ4n) is 1.65. The number of rotatable bonds is 6. The number of amides is 1. The third-order valence-electron chi connectivity index (χ3n) is 2.90. The zero-order chi connectivity index (χ0) is 12.9. The highest BCUT2D eigenvalue weighted by Gasteiger charge is 2.36. The van der Waals surface area contributed by atoms with Crippen molar-refractivity contribution in [2.75, 3.05) is 0 Å². The summed E-state index contributed by atoms with van der Waals surface area (Å²) in [6.45, 7) is 3.49. The summed E-state index contributed by atoms with van der Waals surface area (Å²) in [6.07, 6.45) is 2.36. The molecular formula is C11H17N3O3. The maximum Gasteiger partial charge on any atom is 0.329 e. The fourth-order valence-corrected chi connectivity index (χ4v) is 1.65. The molecule has 0 bridgehead atoms. The van der Waals surface area contributed by atoms with Gasteiger partial charge in [-0.1, -0.05) is 13.8 Å². The summed E-state index contributed by atoms with van der Waals surface area (Å²) in [5.41, 5.74) is -0.508. The molecule has 1 rings (SSSR count). The number of hydrogen-bond donors (Lipinski definition) is 3. The monoisotopic (exact) mass is 239 g/mol. The Kier molecular flexibility index (Phi) is 4.25. The Bertz CT molecular complexity index is 383. The van der Waals surface area contributed by atoms with E-state index in [2.05, 4.69) is 15.5 Å². The second-order valence-corrected chi connectivity index (χ2v) is 3.90. The van der Waals surface area contributed by atoms with Gasteiger partial charge in [-0.2, -0.15) is 5.10 Å². The zero-order valence-corrected chi connectivity index (χ0v) is 9.99. The Morgan fingerprint density at radius 1 is 1.47 bits per heavy atom. The van der Waals surface area contributed by atoms with E-state index in [0.717, 1.165) is 0 Å². The lowest BCUT2D eigenvalue weighted by molar-refractivity contribution is -0.148. The molecule has 1 aromatic heterocycles. The van der Waals surface area contributed by atoms with Gasteiger partial charge >= 0.3 is 5.97 Å². The molecule has 6 heteroatoms. The first-order valence-electron chi connectivity index (χ1n) is 5.56. The molecule has 0 aliphatic rings. The number of carbonyl (C=O) groups is 2. The number of aromatic amines is 1. The molecule has 1 amide bonds. The quantitative estimate of drug-likeness (QED) is 0.681. The van der Waals surface area contributed by atoms with Crippen molar-refractivity contribution < 1.29 is 14.7 Å². The van der Waals surface area contributed by atoms with Crippen LogP contribution in [-0.2, 0) is 16.0 Å². The molecular weight excluding hydrogens is 222 g/mol. The number of carboxylic acid groups (broad SMARTS) is 1. The molecule has 0 atom stereocenters. The topological polar surface area (TPSA) is 95.1 Å². The minimum Gasteiger partial charge on any atom is -0.480 e. The number of nitrogens with one attached hydrogen (secondary N) is 2. The lowest BCUT2D eigenvalue weighted by Crippen LogP contribution is -2.54. The normalized spacial score (nSPS) is 11.2. The van der Waals surface area contributed by atoms with Crippen molar-refractivity contribution in [3.05, 3.63) is 18.0 Å². The van der Waals surface area contributed by atoms with Crippen LogP contribution >= 0.6 is 0 Å². The standard InChI is InChI=1S/C11H17N3O3/c1-3-11(4-2,10(16)17)13-9(15)7-8-5-6-12-14-8/h5-6H,3-4,7H2,1-2H3,(H,12,14)(H,13,15)(H,16,17). The summed E-state index contributed by atoms with van der Waals surface area (Å²) >= 11 is 0. The van der Waals surface area contributed by atoms with Crippen LogP contribution in [0.5, 0.6) is 0 Å². The molecule has 3 N–H and O–H groups in total. The van der Waals surface area contributed by atoms with Crippen molar-refractivity contribution in [3.63, 3.8) is 0 Å². The Morgan fingerprint density at radius 3 is 2.53 bits per heavy atom. The van der Waals surface area contributed by atoms with E-state index in [0.29, 0.717) is 18.5 Å². The van der Waals surface area contributed by atoms with Gasteiger partial charge in [0.05, 0.1) is 6.42 Å². The molecule has 0 saturated carbocycles. The number of carbonyl (C=O) groups excluding carboxylic acids is 1. The molecule has 0 fully saturated rings. The number of nitrogens with zero attached hydrogens (tertiary/aromatic N) is 1. The van der Waals surface area contributed by atoms with Gasteiger partial charge in [-0.15, -0.1) is 0 Å². The highest BCUT2D eigenvalue weighted by atomic mass is 16.4. The molecule has 6 nitrogen and oxygen atoms in total. The van der Waals surface area contributed by atoms with Crippen LogP contribution in [-0.4, -0.2) is 32.7 Å². The average Bonchev–Trinajstić information content (AvgIpc) is 2.78. The highest BCUT2D eigenvalue weighted by molar-refractivity contribution is 5.87. The molecule has 94 valence electrons. The first-order chi connectivity index (χ1) is 8.04. The van der Waals surface area contributed by atoms with E-state index < -0.39 is 11.5 Å². The molecule has 0 aliphatic carbocycles. The van der Waals surface area contributed by atoms with Crippen molar-refractivity contribution in [3.8, 4) is 0 Å².